The lowest BCUT2D eigenvalue weighted by Gasteiger charge is -2.07. The van der Waals surface area contributed by atoms with Gasteiger partial charge in [0.15, 0.2) is 5.78 Å². The van der Waals surface area contributed by atoms with Crippen molar-refractivity contribution in [3.05, 3.63) is 23.5 Å². The third-order valence-electron chi connectivity index (χ3n) is 3.40. The molecule has 0 saturated heterocycles. The van der Waals surface area contributed by atoms with E-state index in [1.165, 1.54) is 18.4 Å². The van der Waals surface area contributed by atoms with Crippen molar-refractivity contribution in [1.82, 2.24) is 4.57 Å². The lowest BCUT2D eigenvalue weighted by atomic mass is 9.95. The van der Waals surface area contributed by atoms with Crippen LogP contribution < -0.4 is 0 Å². The van der Waals surface area contributed by atoms with Gasteiger partial charge in [-0.2, -0.15) is 0 Å². The molecule has 16 heavy (non-hydrogen) atoms. The maximum Gasteiger partial charge on any atom is 0.164 e. The third-order valence-corrected chi connectivity index (χ3v) is 3.40. The molecular formula is C13H17NO2. The van der Waals surface area contributed by atoms with Gasteiger partial charge in [0.2, 0.25) is 0 Å². The van der Waals surface area contributed by atoms with Crippen molar-refractivity contribution in [2.75, 3.05) is 6.61 Å². The van der Waals surface area contributed by atoms with Gasteiger partial charge in [-0.1, -0.05) is 0 Å². The molecule has 0 spiro atoms. The number of carbonyl (C=O) groups excluding carboxylic acids is 1. The van der Waals surface area contributed by atoms with E-state index in [0.29, 0.717) is 18.9 Å². The molecule has 1 aromatic heterocycles. The van der Waals surface area contributed by atoms with Crippen molar-refractivity contribution in [3.63, 3.8) is 0 Å². The summed E-state index contributed by atoms with van der Waals surface area (Å²) in [6, 6.07) is 0. The second-order valence-corrected chi connectivity index (χ2v) is 4.93. The molecule has 1 saturated carbocycles. The largest absolute Gasteiger partial charge is 0.361 e. The van der Waals surface area contributed by atoms with E-state index in [0.717, 1.165) is 30.9 Å². The molecule has 0 amide bonds. The topological polar surface area (TPSA) is 31.2 Å². The zero-order valence-electron chi connectivity index (χ0n) is 9.45. The number of rotatable bonds is 4. The second-order valence-electron chi connectivity index (χ2n) is 4.93. The van der Waals surface area contributed by atoms with Gasteiger partial charge in [-0.25, -0.2) is 0 Å². The summed E-state index contributed by atoms with van der Waals surface area (Å²) >= 11 is 0. The first-order valence-electron chi connectivity index (χ1n) is 6.12. The fraction of sp³-hybridized carbons (Fsp3) is 0.615. The maximum atomic E-state index is 11.6. The Morgan fingerprint density at radius 3 is 2.94 bits per heavy atom. The number of aryl methyl sites for hydroxylation is 1. The van der Waals surface area contributed by atoms with Gasteiger partial charge in [0.05, 0.1) is 6.61 Å². The maximum absolute atomic E-state index is 11.6. The normalized spacial score (nSPS) is 19.9. The second kappa shape index (κ2) is 4.06. The summed E-state index contributed by atoms with van der Waals surface area (Å²) in [6.07, 6.45) is 9.40. The number of aromatic nitrogens is 1. The summed E-state index contributed by atoms with van der Waals surface area (Å²) in [6.45, 7) is 1.47. The molecule has 0 radical (unpaired) electrons. The van der Waals surface area contributed by atoms with Gasteiger partial charge >= 0.3 is 0 Å². The Balaban J connectivity index is 1.63. The minimum Gasteiger partial charge on any atom is -0.361 e. The van der Waals surface area contributed by atoms with Crippen LogP contribution in [-0.2, 0) is 17.9 Å². The van der Waals surface area contributed by atoms with Crippen LogP contribution in [-0.4, -0.2) is 17.0 Å². The lowest BCUT2D eigenvalue weighted by Crippen LogP contribution is -2.07. The van der Waals surface area contributed by atoms with Gasteiger partial charge < -0.3 is 9.30 Å². The van der Waals surface area contributed by atoms with E-state index in [9.17, 15) is 4.79 Å². The molecule has 3 heteroatoms. The quantitative estimate of drug-likeness (QED) is 0.778. The molecule has 0 aliphatic heterocycles. The molecule has 1 aromatic rings. The molecule has 2 aliphatic carbocycles. The predicted octanol–water partition coefficient (Wildman–Crippen LogP) is 2.39. The zero-order chi connectivity index (χ0) is 11.0. The minimum absolute atomic E-state index is 0.294. The third kappa shape index (κ3) is 2.05. The zero-order valence-corrected chi connectivity index (χ0v) is 9.45. The molecule has 0 atom stereocenters. The van der Waals surface area contributed by atoms with Crippen LogP contribution >= 0.6 is 0 Å². The van der Waals surface area contributed by atoms with E-state index in [2.05, 4.69) is 6.20 Å². The van der Waals surface area contributed by atoms with Gasteiger partial charge in [0.1, 0.15) is 6.73 Å². The number of Topliss-reactive ketones (excluding diaryl/α,β-unsaturated/α-hetero) is 1. The number of carbonyl (C=O) groups is 1. The van der Waals surface area contributed by atoms with E-state index >= 15 is 0 Å². The summed E-state index contributed by atoms with van der Waals surface area (Å²) in [5.74, 6) is 1.09. The molecule has 3 rings (SSSR count). The van der Waals surface area contributed by atoms with Gasteiger partial charge in [-0.05, 0) is 37.2 Å². The highest BCUT2D eigenvalue weighted by Gasteiger charge is 2.22. The minimum atomic E-state index is 0.294. The highest BCUT2D eigenvalue weighted by atomic mass is 16.5. The van der Waals surface area contributed by atoms with E-state index in [1.54, 1.807) is 0 Å². The van der Waals surface area contributed by atoms with Crippen molar-refractivity contribution in [3.8, 4) is 0 Å². The average Bonchev–Trinajstić information content (AvgIpc) is 2.98. The van der Waals surface area contributed by atoms with Gasteiger partial charge in [-0.3, -0.25) is 4.79 Å². The predicted molar refractivity (Wildman–Crippen MR) is 60.4 cm³/mol. The Hall–Kier alpha value is -1.09. The fourth-order valence-corrected chi connectivity index (χ4v) is 2.26. The fourth-order valence-electron chi connectivity index (χ4n) is 2.26. The van der Waals surface area contributed by atoms with E-state index in [-0.39, 0.29) is 0 Å². The Morgan fingerprint density at radius 2 is 2.19 bits per heavy atom. The Labute approximate surface area is 95.4 Å². The van der Waals surface area contributed by atoms with Crippen molar-refractivity contribution in [2.24, 2.45) is 5.92 Å². The number of hydrogen-bond donors (Lipinski definition) is 0. The number of nitrogens with zero attached hydrogens (tertiary/aromatic N) is 1. The van der Waals surface area contributed by atoms with Crippen molar-refractivity contribution in [1.29, 1.82) is 0 Å². The van der Waals surface area contributed by atoms with Crippen molar-refractivity contribution < 1.29 is 9.53 Å². The highest BCUT2D eigenvalue weighted by Crippen LogP contribution is 2.29. The van der Waals surface area contributed by atoms with Crippen LogP contribution in [0.2, 0.25) is 0 Å². The molecule has 0 aromatic carbocycles. The Morgan fingerprint density at radius 1 is 1.31 bits per heavy atom. The first kappa shape index (κ1) is 10.1. The summed E-state index contributed by atoms with van der Waals surface area (Å²) < 4.78 is 7.62. The van der Waals surface area contributed by atoms with Crippen molar-refractivity contribution >= 4 is 5.78 Å². The number of ketones is 1. The summed E-state index contributed by atoms with van der Waals surface area (Å²) in [7, 11) is 0. The smallest absolute Gasteiger partial charge is 0.164 e. The Bertz CT molecular complexity index is 404. The van der Waals surface area contributed by atoms with E-state index < -0.39 is 0 Å². The first-order valence-corrected chi connectivity index (χ1v) is 6.12. The molecular weight excluding hydrogens is 202 g/mol. The van der Waals surface area contributed by atoms with Crippen LogP contribution in [0.4, 0.5) is 0 Å². The van der Waals surface area contributed by atoms with Crippen LogP contribution in [0.5, 0.6) is 0 Å². The van der Waals surface area contributed by atoms with Gasteiger partial charge in [-0.15, -0.1) is 0 Å². The van der Waals surface area contributed by atoms with Crippen molar-refractivity contribution in [2.45, 2.75) is 38.8 Å². The van der Waals surface area contributed by atoms with Crippen LogP contribution in [0.1, 0.15) is 41.6 Å². The van der Waals surface area contributed by atoms with Gasteiger partial charge in [0, 0.05) is 24.4 Å². The van der Waals surface area contributed by atoms with Crippen LogP contribution in [0, 0.1) is 5.92 Å². The molecule has 0 unspecified atom stereocenters. The average molecular weight is 219 g/mol. The van der Waals surface area contributed by atoms with Crippen LogP contribution in [0.3, 0.4) is 0 Å². The van der Waals surface area contributed by atoms with Gasteiger partial charge in [0.25, 0.3) is 0 Å². The van der Waals surface area contributed by atoms with Crippen LogP contribution in [0.15, 0.2) is 12.4 Å². The SMILES string of the molecule is O=C1CCCc2cn(COCC3CC3)cc21. The van der Waals surface area contributed by atoms with Crippen LogP contribution in [0.25, 0.3) is 0 Å². The lowest BCUT2D eigenvalue weighted by molar-refractivity contribution is 0.0691. The number of fused-ring (bicyclic) bond motifs is 1. The molecule has 0 N–H and O–H groups in total. The van der Waals surface area contributed by atoms with E-state index in [4.69, 9.17) is 4.74 Å². The highest BCUT2D eigenvalue weighted by molar-refractivity contribution is 5.98. The summed E-state index contributed by atoms with van der Waals surface area (Å²) in [4.78, 5) is 11.6. The molecule has 0 bridgehead atoms. The Kier molecular flexibility index (Phi) is 2.56. The molecule has 2 aliphatic rings. The monoisotopic (exact) mass is 219 g/mol. The molecule has 86 valence electrons. The molecule has 3 nitrogen and oxygen atoms in total. The summed E-state index contributed by atoms with van der Waals surface area (Å²) in [5, 5.41) is 0. The standard InChI is InChI=1S/C13H17NO2/c15-13-3-1-2-11-6-14(7-12(11)13)9-16-8-10-4-5-10/h6-7,10H,1-5,8-9H2. The van der Waals surface area contributed by atoms with E-state index in [1.807, 2.05) is 10.8 Å². The molecule has 1 fully saturated rings. The molecule has 1 heterocycles. The first-order chi connectivity index (χ1) is 7.83. The number of hydrogen-bond acceptors (Lipinski definition) is 2. The number of ether oxygens (including phenoxy) is 1. The summed E-state index contributed by atoms with van der Waals surface area (Å²) in [5.41, 5.74) is 2.12.